The molecule has 0 fully saturated rings. The molecule has 2 N–H and O–H groups in total. The molecule has 0 aromatic heterocycles. The number of para-hydroxylation sites is 1. The topological polar surface area (TPSA) is 76.7 Å². The fourth-order valence-electron chi connectivity index (χ4n) is 2.11. The fourth-order valence-corrected chi connectivity index (χ4v) is 2.11. The van der Waals surface area contributed by atoms with Crippen molar-refractivity contribution in [2.45, 2.75) is 6.10 Å². The van der Waals surface area contributed by atoms with Crippen molar-refractivity contribution in [2.75, 3.05) is 14.2 Å². The van der Waals surface area contributed by atoms with Crippen LogP contribution in [0.25, 0.3) is 0 Å². The lowest BCUT2D eigenvalue weighted by molar-refractivity contribution is -0.132. The summed E-state index contributed by atoms with van der Waals surface area (Å²) < 4.78 is 10.3. The van der Waals surface area contributed by atoms with Gasteiger partial charge < -0.3 is 9.47 Å². The highest BCUT2D eigenvalue weighted by atomic mass is 16.5. The van der Waals surface area contributed by atoms with Gasteiger partial charge in [-0.15, -0.1) is 0 Å². The van der Waals surface area contributed by atoms with Gasteiger partial charge >= 0.3 is 0 Å². The van der Waals surface area contributed by atoms with E-state index in [1.165, 1.54) is 14.2 Å². The molecule has 0 bridgehead atoms. The molecule has 6 heteroatoms. The average Bonchev–Trinajstić information content (AvgIpc) is 2.61. The number of carbonyl (C=O) groups excluding carboxylic acids is 2. The molecule has 0 spiro atoms. The quantitative estimate of drug-likeness (QED) is 0.826. The number of benzene rings is 2. The summed E-state index contributed by atoms with van der Waals surface area (Å²) in [5, 5.41) is 0. The van der Waals surface area contributed by atoms with E-state index in [0.717, 1.165) is 0 Å². The predicted molar refractivity (Wildman–Crippen MR) is 84.8 cm³/mol. The smallest absolute Gasteiger partial charge is 0.273 e. The Balaban J connectivity index is 2.02. The van der Waals surface area contributed by atoms with E-state index in [1.807, 2.05) is 18.2 Å². The molecule has 120 valence electrons. The molecule has 2 rings (SSSR count). The number of nitrogens with one attached hydrogen (secondary N) is 2. The lowest BCUT2D eigenvalue weighted by Gasteiger charge is -2.16. The minimum Gasteiger partial charge on any atom is -0.496 e. The lowest BCUT2D eigenvalue weighted by atomic mass is 10.1. The minimum absolute atomic E-state index is 0.323. The van der Waals surface area contributed by atoms with Crippen LogP contribution in [0.3, 0.4) is 0 Å². The first-order valence-corrected chi connectivity index (χ1v) is 6.98. The Morgan fingerprint density at radius 1 is 0.913 bits per heavy atom. The SMILES string of the molecule is COc1ccccc1C(=O)NNC(=O)[C@H](OC)c1ccccc1. The number of methoxy groups -OCH3 is 2. The molecule has 0 aliphatic rings. The summed E-state index contributed by atoms with van der Waals surface area (Å²) in [6.45, 7) is 0. The monoisotopic (exact) mass is 314 g/mol. The number of hydrogen-bond acceptors (Lipinski definition) is 4. The van der Waals surface area contributed by atoms with Gasteiger partial charge in [0.15, 0.2) is 6.10 Å². The van der Waals surface area contributed by atoms with Crippen molar-refractivity contribution in [1.82, 2.24) is 10.9 Å². The molecule has 0 radical (unpaired) electrons. The Morgan fingerprint density at radius 2 is 1.57 bits per heavy atom. The van der Waals surface area contributed by atoms with E-state index in [9.17, 15) is 9.59 Å². The first kappa shape index (κ1) is 16.5. The normalized spacial score (nSPS) is 11.4. The summed E-state index contributed by atoms with van der Waals surface area (Å²) in [4.78, 5) is 24.3. The van der Waals surface area contributed by atoms with Gasteiger partial charge in [0.2, 0.25) is 0 Å². The van der Waals surface area contributed by atoms with Crippen molar-refractivity contribution in [3.8, 4) is 5.75 Å². The van der Waals surface area contributed by atoms with Gasteiger partial charge in [0.05, 0.1) is 12.7 Å². The molecule has 2 amide bonds. The van der Waals surface area contributed by atoms with Crippen LogP contribution in [0.5, 0.6) is 5.75 Å². The van der Waals surface area contributed by atoms with E-state index in [-0.39, 0.29) is 0 Å². The van der Waals surface area contributed by atoms with E-state index in [1.54, 1.807) is 36.4 Å². The fraction of sp³-hybridized carbons (Fsp3) is 0.176. The third kappa shape index (κ3) is 4.08. The van der Waals surface area contributed by atoms with Gasteiger partial charge in [-0.25, -0.2) is 0 Å². The second-order valence-electron chi connectivity index (χ2n) is 4.67. The molecule has 0 heterocycles. The molecule has 0 saturated heterocycles. The summed E-state index contributed by atoms with van der Waals surface area (Å²) in [7, 11) is 2.90. The van der Waals surface area contributed by atoms with Crippen LogP contribution in [-0.4, -0.2) is 26.0 Å². The maximum absolute atomic E-state index is 12.2. The Bertz CT molecular complexity index is 673. The number of amides is 2. The van der Waals surface area contributed by atoms with E-state index in [0.29, 0.717) is 16.9 Å². The highest BCUT2D eigenvalue weighted by Gasteiger charge is 2.21. The zero-order valence-corrected chi connectivity index (χ0v) is 12.9. The summed E-state index contributed by atoms with van der Waals surface area (Å²) in [5.74, 6) is -0.522. The zero-order chi connectivity index (χ0) is 16.7. The Hall–Kier alpha value is -2.86. The first-order chi connectivity index (χ1) is 11.2. The van der Waals surface area contributed by atoms with Gasteiger partial charge in [0.25, 0.3) is 11.8 Å². The first-order valence-electron chi connectivity index (χ1n) is 6.98. The lowest BCUT2D eigenvalue weighted by Crippen LogP contribution is -2.44. The Kier molecular flexibility index (Phi) is 5.71. The number of hydrogen-bond donors (Lipinski definition) is 2. The summed E-state index contributed by atoms with van der Waals surface area (Å²) in [5.41, 5.74) is 5.74. The molecule has 2 aromatic rings. The molecule has 0 aliphatic carbocycles. The molecule has 1 atom stereocenters. The average molecular weight is 314 g/mol. The van der Waals surface area contributed by atoms with Crippen LogP contribution in [0.15, 0.2) is 54.6 Å². The maximum Gasteiger partial charge on any atom is 0.273 e. The predicted octanol–water partition coefficient (Wildman–Crippen LogP) is 1.84. The van der Waals surface area contributed by atoms with Crippen molar-refractivity contribution >= 4 is 11.8 Å². The van der Waals surface area contributed by atoms with E-state index in [4.69, 9.17) is 9.47 Å². The van der Waals surface area contributed by atoms with Crippen molar-refractivity contribution in [2.24, 2.45) is 0 Å². The number of carbonyl (C=O) groups is 2. The standard InChI is InChI=1S/C17H18N2O4/c1-22-14-11-7-6-10-13(14)16(20)18-19-17(21)15(23-2)12-8-4-3-5-9-12/h3-11,15H,1-2H3,(H,18,20)(H,19,21)/t15-/m1/s1. The Labute approximate surface area is 134 Å². The highest BCUT2D eigenvalue weighted by molar-refractivity contribution is 5.98. The Morgan fingerprint density at radius 3 is 2.22 bits per heavy atom. The molecule has 0 aliphatic heterocycles. The number of rotatable bonds is 5. The van der Waals surface area contributed by atoms with Gasteiger partial charge in [-0.05, 0) is 17.7 Å². The molecular weight excluding hydrogens is 296 g/mol. The molecule has 0 unspecified atom stereocenters. The maximum atomic E-state index is 12.2. The van der Waals surface area contributed by atoms with Crippen LogP contribution in [0.4, 0.5) is 0 Å². The summed E-state index contributed by atoms with van der Waals surface area (Å²) in [6, 6.07) is 15.7. The van der Waals surface area contributed by atoms with Crippen molar-refractivity contribution < 1.29 is 19.1 Å². The van der Waals surface area contributed by atoms with Crippen molar-refractivity contribution in [3.63, 3.8) is 0 Å². The van der Waals surface area contributed by atoms with Crippen LogP contribution in [0, 0.1) is 0 Å². The van der Waals surface area contributed by atoms with E-state index >= 15 is 0 Å². The van der Waals surface area contributed by atoms with Crippen molar-refractivity contribution in [3.05, 3.63) is 65.7 Å². The number of hydrazine groups is 1. The molecular formula is C17H18N2O4. The van der Waals surface area contributed by atoms with Crippen LogP contribution >= 0.6 is 0 Å². The van der Waals surface area contributed by atoms with Gasteiger partial charge in [0, 0.05) is 7.11 Å². The zero-order valence-electron chi connectivity index (χ0n) is 12.9. The van der Waals surface area contributed by atoms with Crippen LogP contribution < -0.4 is 15.6 Å². The highest BCUT2D eigenvalue weighted by Crippen LogP contribution is 2.17. The van der Waals surface area contributed by atoms with Crippen molar-refractivity contribution in [1.29, 1.82) is 0 Å². The van der Waals surface area contributed by atoms with Gasteiger partial charge in [-0.1, -0.05) is 42.5 Å². The largest absolute Gasteiger partial charge is 0.496 e. The van der Waals surface area contributed by atoms with Crippen LogP contribution in [0.1, 0.15) is 22.0 Å². The second kappa shape index (κ2) is 7.95. The molecule has 0 saturated carbocycles. The summed E-state index contributed by atoms with van der Waals surface area (Å²) in [6.07, 6.45) is -0.811. The van der Waals surface area contributed by atoms with Gasteiger partial charge in [-0.3, -0.25) is 20.4 Å². The third-order valence-corrected chi connectivity index (χ3v) is 3.23. The molecule has 6 nitrogen and oxygen atoms in total. The van der Waals surface area contributed by atoms with Gasteiger partial charge in [0.1, 0.15) is 5.75 Å². The van der Waals surface area contributed by atoms with Crippen LogP contribution in [-0.2, 0) is 9.53 Å². The van der Waals surface area contributed by atoms with E-state index < -0.39 is 17.9 Å². The molecule has 23 heavy (non-hydrogen) atoms. The summed E-state index contributed by atoms with van der Waals surface area (Å²) >= 11 is 0. The van der Waals surface area contributed by atoms with Gasteiger partial charge in [-0.2, -0.15) is 0 Å². The third-order valence-electron chi connectivity index (χ3n) is 3.23. The van der Waals surface area contributed by atoms with E-state index in [2.05, 4.69) is 10.9 Å². The molecule has 2 aromatic carbocycles. The minimum atomic E-state index is -0.811. The number of ether oxygens (including phenoxy) is 2. The second-order valence-corrected chi connectivity index (χ2v) is 4.67. The van der Waals surface area contributed by atoms with Crippen LogP contribution in [0.2, 0.25) is 0 Å².